The number of unbranched alkanes of at least 4 members (excludes halogenated alkanes) is 2. The van der Waals surface area contributed by atoms with Crippen LogP contribution in [0.3, 0.4) is 0 Å². The molecule has 0 aromatic carbocycles. The minimum Gasteiger partial charge on any atom is -0.251 e. The molecule has 58 valence electrons. The van der Waals surface area contributed by atoms with Crippen molar-refractivity contribution in [1.29, 1.82) is 0 Å². The number of hydrogen-bond donors (Lipinski definition) is 0. The fourth-order valence-electron chi connectivity index (χ4n) is 0.678. The van der Waals surface area contributed by atoms with E-state index in [1.54, 1.807) is 0 Å². The SMILES string of the molecule is C#CC(F)CCCCCF. The van der Waals surface area contributed by atoms with Gasteiger partial charge in [0, 0.05) is 0 Å². The fourth-order valence-corrected chi connectivity index (χ4v) is 0.678. The lowest BCUT2D eigenvalue weighted by Crippen LogP contribution is -1.94. The molecule has 0 spiro atoms. The Bertz CT molecular complexity index is 104. The van der Waals surface area contributed by atoms with Crippen LogP contribution in [-0.2, 0) is 0 Å². The van der Waals surface area contributed by atoms with Crippen molar-refractivity contribution in [3.8, 4) is 12.3 Å². The van der Waals surface area contributed by atoms with Gasteiger partial charge in [0.05, 0.1) is 6.67 Å². The van der Waals surface area contributed by atoms with Crippen molar-refractivity contribution in [3.05, 3.63) is 0 Å². The van der Waals surface area contributed by atoms with Crippen LogP contribution in [-0.4, -0.2) is 12.8 Å². The van der Waals surface area contributed by atoms with Gasteiger partial charge in [-0.2, -0.15) is 0 Å². The molecular weight excluding hydrogens is 134 g/mol. The van der Waals surface area contributed by atoms with Crippen LogP contribution in [0.2, 0.25) is 0 Å². The van der Waals surface area contributed by atoms with Crippen molar-refractivity contribution in [3.63, 3.8) is 0 Å². The number of rotatable bonds is 5. The molecule has 0 nitrogen and oxygen atoms in total. The van der Waals surface area contributed by atoms with E-state index in [-0.39, 0.29) is 6.67 Å². The molecule has 0 saturated heterocycles. The smallest absolute Gasteiger partial charge is 0.160 e. The number of hydrogen-bond acceptors (Lipinski definition) is 0. The molecule has 0 aliphatic rings. The Balaban J connectivity index is 2.98. The van der Waals surface area contributed by atoms with Crippen LogP contribution in [0, 0.1) is 12.3 Å². The summed E-state index contributed by atoms with van der Waals surface area (Å²) in [6, 6.07) is 0. The maximum atomic E-state index is 12.2. The Morgan fingerprint density at radius 2 is 2.00 bits per heavy atom. The second kappa shape index (κ2) is 6.54. The van der Waals surface area contributed by atoms with Gasteiger partial charge in [0.1, 0.15) is 0 Å². The van der Waals surface area contributed by atoms with Crippen LogP contribution >= 0.6 is 0 Å². The quantitative estimate of drug-likeness (QED) is 0.413. The van der Waals surface area contributed by atoms with Gasteiger partial charge in [-0.3, -0.25) is 4.39 Å². The van der Waals surface area contributed by atoms with Crippen molar-refractivity contribution in [2.24, 2.45) is 0 Å². The molecule has 0 amide bonds. The van der Waals surface area contributed by atoms with Crippen molar-refractivity contribution in [2.45, 2.75) is 31.9 Å². The summed E-state index contributed by atoms with van der Waals surface area (Å²) in [6.45, 7) is -0.312. The monoisotopic (exact) mass is 146 g/mol. The molecule has 0 aliphatic carbocycles. The summed E-state index contributed by atoms with van der Waals surface area (Å²) in [5.41, 5.74) is 0. The summed E-state index contributed by atoms with van der Waals surface area (Å²) in [5, 5.41) is 0. The molecule has 0 aliphatic heterocycles. The van der Waals surface area contributed by atoms with Gasteiger partial charge in [-0.05, 0) is 19.3 Å². The Morgan fingerprint density at radius 3 is 2.50 bits per heavy atom. The summed E-state index contributed by atoms with van der Waals surface area (Å²) >= 11 is 0. The van der Waals surface area contributed by atoms with Gasteiger partial charge >= 0.3 is 0 Å². The van der Waals surface area contributed by atoms with E-state index in [9.17, 15) is 8.78 Å². The Labute approximate surface area is 60.6 Å². The lowest BCUT2D eigenvalue weighted by atomic mass is 10.1. The molecule has 0 heterocycles. The van der Waals surface area contributed by atoms with Gasteiger partial charge in [0.15, 0.2) is 6.17 Å². The number of halogens is 2. The molecule has 0 aromatic rings. The predicted octanol–water partition coefficient (Wildman–Crippen LogP) is 2.49. The van der Waals surface area contributed by atoms with Gasteiger partial charge in [-0.15, -0.1) is 6.42 Å². The topological polar surface area (TPSA) is 0 Å². The van der Waals surface area contributed by atoms with Crippen LogP contribution in [0.15, 0.2) is 0 Å². The van der Waals surface area contributed by atoms with Gasteiger partial charge in [-0.1, -0.05) is 12.3 Å². The molecule has 0 radical (unpaired) electrons. The molecule has 0 rings (SSSR count). The van der Waals surface area contributed by atoms with Crippen LogP contribution in [0.5, 0.6) is 0 Å². The molecule has 1 atom stereocenters. The lowest BCUT2D eigenvalue weighted by Gasteiger charge is -1.98. The first-order valence-corrected chi connectivity index (χ1v) is 3.47. The van der Waals surface area contributed by atoms with E-state index in [4.69, 9.17) is 6.42 Å². The molecule has 0 bridgehead atoms. The normalized spacial score (nSPS) is 12.5. The van der Waals surface area contributed by atoms with Gasteiger partial charge in [-0.25, -0.2) is 4.39 Å². The third-order valence-corrected chi connectivity index (χ3v) is 1.27. The largest absolute Gasteiger partial charge is 0.251 e. The summed E-state index contributed by atoms with van der Waals surface area (Å²) in [6.07, 6.45) is 5.97. The molecule has 0 aromatic heterocycles. The maximum Gasteiger partial charge on any atom is 0.160 e. The van der Waals surface area contributed by atoms with Crippen molar-refractivity contribution in [1.82, 2.24) is 0 Å². The number of terminal acetylenes is 1. The molecule has 1 unspecified atom stereocenters. The molecular formula is C8H12F2. The summed E-state index contributed by atoms with van der Waals surface area (Å²) in [7, 11) is 0. The highest BCUT2D eigenvalue weighted by atomic mass is 19.1. The fraction of sp³-hybridized carbons (Fsp3) is 0.750. The third kappa shape index (κ3) is 5.55. The van der Waals surface area contributed by atoms with Crippen LogP contribution in [0.25, 0.3) is 0 Å². The van der Waals surface area contributed by atoms with E-state index >= 15 is 0 Å². The molecule has 0 fully saturated rings. The van der Waals surface area contributed by atoms with Gasteiger partial charge in [0.2, 0.25) is 0 Å². The first kappa shape index (κ1) is 9.42. The maximum absolute atomic E-state index is 12.2. The van der Waals surface area contributed by atoms with Gasteiger partial charge in [0.25, 0.3) is 0 Å². The number of alkyl halides is 2. The minimum atomic E-state index is -1.14. The highest BCUT2D eigenvalue weighted by Gasteiger charge is 1.99. The van der Waals surface area contributed by atoms with Crippen molar-refractivity contribution >= 4 is 0 Å². The van der Waals surface area contributed by atoms with E-state index < -0.39 is 6.17 Å². The van der Waals surface area contributed by atoms with Gasteiger partial charge < -0.3 is 0 Å². The first-order valence-electron chi connectivity index (χ1n) is 3.47. The average Bonchev–Trinajstić information content (AvgIpc) is 1.98. The zero-order valence-electron chi connectivity index (χ0n) is 5.95. The second-order valence-electron chi connectivity index (χ2n) is 2.17. The van der Waals surface area contributed by atoms with E-state index in [1.807, 2.05) is 5.92 Å². The third-order valence-electron chi connectivity index (χ3n) is 1.27. The van der Waals surface area contributed by atoms with Crippen molar-refractivity contribution in [2.75, 3.05) is 6.67 Å². The molecule has 0 saturated carbocycles. The Hall–Kier alpha value is -0.580. The molecule has 2 heteroatoms. The van der Waals surface area contributed by atoms with Crippen LogP contribution in [0.4, 0.5) is 8.78 Å². The Kier molecular flexibility index (Phi) is 6.16. The zero-order valence-corrected chi connectivity index (χ0v) is 5.95. The standard InChI is InChI=1S/C8H12F2/c1-2-8(10)6-4-3-5-7-9/h1,8H,3-7H2. The van der Waals surface area contributed by atoms with Crippen LogP contribution < -0.4 is 0 Å². The second-order valence-corrected chi connectivity index (χ2v) is 2.17. The highest BCUT2D eigenvalue weighted by Crippen LogP contribution is 2.05. The predicted molar refractivity (Wildman–Crippen MR) is 38.2 cm³/mol. The summed E-state index contributed by atoms with van der Waals surface area (Å²) in [5.74, 6) is 1.98. The van der Waals surface area contributed by atoms with E-state index in [2.05, 4.69) is 0 Å². The first-order chi connectivity index (χ1) is 4.81. The van der Waals surface area contributed by atoms with E-state index in [1.165, 1.54) is 0 Å². The van der Waals surface area contributed by atoms with Crippen molar-refractivity contribution < 1.29 is 8.78 Å². The summed E-state index contributed by atoms with van der Waals surface area (Å²) < 4.78 is 23.7. The van der Waals surface area contributed by atoms with E-state index in [0.717, 1.165) is 6.42 Å². The lowest BCUT2D eigenvalue weighted by molar-refractivity contribution is 0.369. The Morgan fingerprint density at radius 1 is 1.30 bits per heavy atom. The zero-order chi connectivity index (χ0) is 7.82. The average molecular weight is 146 g/mol. The molecule has 10 heavy (non-hydrogen) atoms. The minimum absolute atomic E-state index is 0.312. The molecule has 0 N–H and O–H groups in total. The van der Waals surface area contributed by atoms with Crippen LogP contribution in [0.1, 0.15) is 25.7 Å². The van der Waals surface area contributed by atoms with E-state index in [0.29, 0.717) is 19.3 Å². The highest BCUT2D eigenvalue weighted by molar-refractivity contribution is 4.93. The summed E-state index contributed by atoms with van der Waals surface area (Å²) in [4.78, 5) is 0.